The van der Waals surface area contributed by atoms with E-state index < -0.39 is 0 Å². The highest BCUT2D eigenvalue weighted by molar-refractivity contribution is 5.88. The molecule has 0 spiro atoms. The van der Waals surface area contributed by atoms with Crippen LogP contribution < -0.4 is 10.6 Å². The van der Waals surface area contributed by atoms with E-state index in [0.717, 1.165) is 12.2 Å². The molecule has 2 aromatic heterocycles. The highest BCUT2D eigenvalue weighted by Crippen LogP contribution is 2.06. The molecule has 0 bridgehead atoms. The zero-order chi connectivity index (χ0) is 15.1. The maximum Gasteiger partial charge on any atom is 0.319 e. The van der Waals surface area contributed by atoms with Crippen LogP contribution in [0.2, 0.25) is 0 Å². The summed E-state index contributed by atoms with van der Waals surface area (Å²) < 4.78 is 1.83. The van der Waals surface area contributed by atoms with E-state index >= 15 is 0 Å². The number of nitrogens with one attached hydrogen (secondary N) is 2. The van der Waals surface area contributed by atoms with Crippen molar-refractivity contribution in [3.63, 3.8) is 0 Å². The van der Waals surface area contributed by atoms with Crippen molar-refractivity contribution in [3.8, 4) is 0 Å². The number of anilines is 1. The lowest BCUT2D eigenvalue weighted by Crippen LogP contribution is -2.30. The lowest BCUT2D eigenvalue weighted by Gasteiger charge is -2.06. The van der Waals surface area contributed by atoms with Gasteiger partial charge in [0.15, 0.2) is 0 Å². The molecule has 2 rings (SSSR count). The molecule has 6 nitrogen and oxygen atoms in total. The van der Waals surface area contributed by atoms with Crippen molar-refractivity contribution in [1.82, 2.24) is 20.1 Å². The average molecular weight is 287 g/mol. The molecule has 0 unspecified atom stereocenters. The van der Waals surface area contributed by atoms with Gasteiger partial charge in [-0.15, -0.1) is 0 Å². The summed E-state index contributed by atoms with van der Waals surface area (Å²) in [5.41, 5.74) is 1.66. The van der Waals surface area contributed by atoms with E-state index in [2.05, 4.69) is 34.6 Å². The molecule has 2 N–H and O–H groups in total. The van der Waals surface area contributed by atoms with E-state index in [4.69, 9.17) is 0 Å². The van der Waals surface area contributed by atoms with Gasteiger partial charge in [-0.2, -0.15) is 5.10 Å². The Kier molecular flexibility index (Phi) is 5.31. The number of urea groups is 1. The topological polar surface area (TPSA) is 71.8 Å². The molecule has 0 aliphatic rings. The zero-order valence-electron chi connectivity index (χ0n) is 12.4. The first kappa shape index (κ1) is 15.0. The molecule has 6 heteroatoms. The van der Waals surface area contributed by atoms with Crippen LogP contribution >= 0.6 is 0 Å². The van der Waals surface area contributed by atoms with Gasteiger partial charge in [-0.1, -0.05) is 19.9 Å². The second-order valence-electron chi connectivity index (χ2n) is 5.30. The molecule has 0 saturated heterocycles. The number of carbonyl (C=O) groups excluding carboxylic acids is 1. The lowest BCUT2D eigenvalue weighted by molar-refractivity contribution is 0.252. The molecule has 0 fully saturated rings. The highest BCUT2D eigenvalue weighted by Gasteiger charge is 2.05. The van der Waals surface area contributed by atoms with Crippen molar-refractivity contribution < 1.29 is 4.79 Å². The first-order valence-electron chi connectivity index (χ1n) is 7.10. The molecule has 0 aliphatic heterocycles. The van der Waals surface area contributed by atoms with Crippen LogP contribution in [0.3, 0.4) is 0 Å². The second kappa shape index (κ2) is 7.42. The van der Waals surface area contributed by atoms with Gasteiger partial charge in [-0.25, -0.2) is 4.79 Å². The van der Waals surface area contributed by atoms with Gasteiger partial charge in [0.25, 0.3) is 0 Å². The first-order chi connectivity index (χ1) is 10.1. The number of aromatic nitrogens is 3. The number of pyridine rings is 1. The molecule has 0 saturated carbocycles. The van der Waals surface area contributed by atoms with E-state index in [1.54, 1.807) is 12.4 Å². The second-order valence-corrected chi connectivity index (χ2v) is 5.30. The summed E-state index contributed by atoms with van der Waals surface area (Å²) in [6.07, 6.45) is 5.94. The number of rotatable bonds is 6. The summed E-state index contributed by atoms with van der Waals surface area (Å²) in [7, 11) is 0. The molecule has 2 heterocycles. The Morgan fingerprint density at radius 2 is 2.24 bits per heavy atom. The minimum Gasteiger partial charge on any atom is -0.337 e. The predicted octanol–water partition coefficient (Wildman–Crippen LogP) is 2.30. The molecule has 112 valence electrons. The molecular formula is C15H21N5O. The van der Waals surface area contributed by atoms with Crippen molar-refractivity contribution in [2.24, 2.45) is 5.92 Å². The zero-order valence-corrected chi connectivity index (χ0v) is 12.4. The number of nitrogens with zero attached hydrogens (tertiary/aromatic N) is 3. The van der Waals surface area contributed by atoms with Crippen LogP contribution in [0.4, 0.5) is 10.5 Å². The van der Waals surface area contributed by atoms with Gasteiger partial charge in [0.2, 0.25) is 0 Å². The number of amides is 2. The van der Waals surface area contributed by atoms with Crippen LogP contribution in [0.25, 0.3) is 0 Å². The molecular weight excluding hydrogens is 266 g/mol. The average Bonchev–Trinajstić information content (AvgIpc) is 2.86. The predicted molar refractivity (Wildman–Crippen MR) is 82.0 cm³/mol. The van der Waals surface area contributed by atoms with E-state index in [9.17, 15) is 4.79 Å². The third kappa shape index (κ3) is 5.25. The fraction of sp³-hybridized carbons (Fsp3) is 0.400. The third-order valence-corrected chi connectivity index (χ3v) is 2.84. The van der Waals surface area contributed by atoms with E-state index in [1.807, 2.05) is 29.1 Å². The maximum atomic E-state index is 11.8. The summed E-state index contributed by atoms with van der Waals surface area (Å²) in [4.78, 5) is 16.0. The standard InChI is InChI=1S/C15H21N5O/c1-12(2)10-20-11-14(9-18-20)19-15(21)17-8-6-13-5-3-4-7-16-13/h3-5,7,9,11-12H,6,8,10H2,1-2H3,(H2,17,19,21). The van der Waals surface area contributed by atoms with E-state index in [0.29, 0.717) is 24.6 Å². The Hall–Kier alpha value is -2.37. The van der Waals surface area contributed by atoms with Crippen molar-refractivity contribution >= 4 is 11.7 Å². The molecule has 0 atom stereocenters. The van der Waals surface area contributed by atoms with Gasteiger partial charge in [-0.3, -0.25) is 9.67 Å². The number of carbonyl (C=O) groups is 1. The van der Waals surface area contributed by atoms with Gasteiger partial charge >= 0.3 is 6.03 Å². The van der Waals surface area contributed by atoms with Crippen LogP contribution in [0.15, 0.2) is 36.8 Å². The van der Waals surface area contributed by atoms with E-state index in [1.165, 1.54) is 0 Å². The Balaban J connectivity index is 1.73. The van der Waals surface area contributed by atoms with Crippen LogP contribution in [0.1, 0.15) is 19.5 Å². The number of hydrogen-bond donors (Lipinski definition) is 2. The van der Waals surface area contributed by atoms with Crippen molar-refractivity contribution in [3.05, 3.63) is 42.5 Å². The minimum atomic E-state index is -0.227. The van der Waals surface area contributed by atoms with E-state index in [-0.39, 0.29) is 6.03 Å². The quantitative estimate of drug-likeness (QED) is 0.856. The van der Waals surface area contributed by atoms with Gasteiger partial charge in [0, 0.05) is 37.6 Å². The minimum absolute atomic E-state index is 0.227. The summed E-state index contributed by atoms with van der Waals surface area (Å²) in [6.45, 7) is 5.63. The van der Waals surface area contributed by atoms with Crippen LogP contribution in [-0.2, 0) is 13.0 Å². The summed E-state index contributed by atoms with van der Waals surface area (Å²) in [5, 5.41) is 9.77. The summed E-state index contributed by atoms with van der Waals surface area (Å²) >= 11 is 0. The van der Waals surface area contributed by atoms with Crippen molar-refractivity contribution in [2.45, 2.75) is 26.8 Å². The Labute approximate surface area is 124 Å². The van der Waals surface area contributed by atoms with Crippen molar-refractivity contribution in [1.29, 1.82) is 0 Å². The normalized spacial score (nSPS) is 10.6. The molecule has 2 amide bonds. The smallest absolute Gasteiger partial charge is 0.319 e. The molecule has 0 aliphatic carbocycles. The fourth-order valence-electron chi connectivity index (χ4n) is 1.93. The first-order valence-corrected chi connectivity index (χ1v) is 7.10. The largest absolute Gasteiger partial charge is 0.337 e. The monoisotopic (exact) mass is 287 g/mol. The molecule has 0 radical (unpaired) electrons. The Morgan fingerprint density at radius 3 is 2.95 bits per heavy atom. The molecule has 0 aromatic carbocycles. The van der Waals surface area contributed by atoms with Crippen molar-refractivity contribution in [2.75, 3.05) is 11.9 Å². The van der Waals surface area contributed by atoms with Crippen LogP contribution in [0.5, 0.6) is 0 Å². The van der Waals surface area contributed by atoms with Gasteiger partial charge < -0.3 is 10.6 Å². The SMILES string of the molecule is CC(C)Cn1cc(NC(=O)NCCc2ccccn2)cn1. The number of hydrogen-bond acceptors (Lipinski definition) is 3. The van der Waals surface area contributed by atoms with Crippen LogP contribution in [0, 0.1) is 5.92 Å². The van der Waals surface area contributed by atoms with Gasteiger partial charge in [0.05, 0.1) is 11.9 Å². The summed E-state index contributed by atoms with van der Waals surface area (Å²) in [6, 6.07) is 5.52. The Bertz CT molecular complexity index is 564. The summed E-state index contributed by atoms with van der Waals surface area (Å²) in [5.74, 6) is 0.518. The van der Waals surface area contributed by atoms with Crippen LogP contribution in [-0.4, -0.2) is 27.3 Å². The molecule has 2 aromatic rings. The Morgan fingerprint density at radius 1 is 1.38 bits per heavy atom. The maximum absolute atomic E-state index is 11.8. The molecule has 21 heavy (non-hydrogen) atoms. The fourth-order valence-corrected chi connectivity index (χ4v) is 1.93. The van der Waals surface area contributed by atoms with Gasteiger partial charge in [-0.05, 0) is 18.1 Å². The third-order valence-electron chi connectivity index (χ3n) is 2.84. The highest BCUT2D eigenvalue weighted by atomic mass is 16.2. The van der Waals surface area contributed by atoms with Gasteiger partial charge in [0.1, 0.15) is 0 Å². The lowest BCUT2D eigenvalue weighted by atomic mass is 10.2.